The van der Waals surface area contributed by atoms with Crippen LogP contribution in [0.2, 0.25) is 0 Å². The van der Waals surface area contributed by atoms with Gasteiger partial charge in [-0.3, -0.25) is 0 Å². The first-order valence-corrected chi connectivity index (χ1v) is 3.99. The van der Waals surface area contributed by atoms with E-state index in [9.17, 15) is 4.39 Å². The first-order valence-electron chi connectivity index (χ1n) is 3.99. The van der Waals surface area contributed by atoms with Gasteiger partial charge in [0, 0.05) is 0 Å². The minimum absolute atomic E-state index is 0.0631. The summed E-state index contributed by atoms with van der Waals surface area (Å²) < 4.78 is 13.0. The zero-order valence-electron chi connectivity index (χ0n) is 7.02. The van der Waals surface area contributed by atoms with Crippen LogP contribution in [-0.4, -0.2) is 0 Å². The number of halogens is 1. The fraction of sp³-hybridized carbons (Fsp3) is 0.400. The van der Waals surface area contributed by atoms with Gasteiger partial charge in [0.2, 0.25) is 0 Å². The van der Waals surface area contributed by atoms with Gasteiger partial charge in [-0.2, -0.15) is 0 Å². The summed E-state index contributed by atoms with van der Waals surface area (Å²) >= 11 is 0. The Morgan fingerprint density at radius 1 is 1.36 bits per heavy atom. The van der Waals surface area contributed by atoms with Crippen LogP contribution in [0.4, 0.5) is 4.39 Å². The topological polar surface area (TPSA) is 0 Å². The molecule has 60 valence electrons. The van der Waals surface area contributed by atoms with Crippen molar-refractivity contribution in [1.82, 2.24) is 0 Å². The van der Waals surface area contributed by atoms with Crippen molar-refractivity contribution >= 4 is 0 Å². The second-order valence-corrected chi connectivity index (χ2v) is 2.84. The molecule has 0 N–H and O–H groups in total. The third-order valence-corrected chi connectivity index (χ3v) is 1.73. The maximum atomic E-state index is 13.0. The summed E-state index contributed by atoms with van der Waals surface area (Å²) in [5.41, 5.74) is 1.82. The van der Waals surface area contributed by atoms with E-state index in [0.29, 0.717) is 0 Å². The average Bonchev–Trinajstić information content (AvgIpc) is 1.95. The fourth-order valence-electron chi connectivity index (χ4n) is 1.12. The Bertz CT molecular complexity index is 241. The molecule has 0 saturated heterocycles. The average molecular weight is 152 g/mol. The van der Waals surface area contributed by atoms with E-state index in [1.54, 1.807) is 6.07 Å². The number of benzene rings is 1. The van der Waals surface area contributed by atoms with Gasteiger partial charge in [-0.1, -0.05) is 25.5 Å². The van der Waals surface area contributed by atoms with E-state index in [1.807, 2.05) is 19.1 Å². The molecular weight excluding hydrogens is 139 g/mol. The molecule has 1 rings (SSSR count). The molecule has 0 bridgehead atoms. The van der Waals surface area contributed by atoms with Gasteiger partial charge in [-0.15, -0.1) is 0 Å². The van der Waals surface area contributed by atoms with Crippen molar-refractivity contribution in [3.8, 4) is 0 Å². The van der Waals surface area contributed by atoms with E-state index in [0.717, 1.165) is 24.0 Å². The van der Waals surface area contributed by atoms with E-state index in [4.69, 9.17) is 0 Å². The molecule has 0 amide bonds. The molecule has 0 aromatic heterocycles. The van der Waals surface area contributed by atoms with Crippen LogP contribution in [0.1, 0.15) is 24.5 Å². The molecule has 0 heterocycles. The van der Waals surface area contributed by atoms with Crippen LogP contribution in [0.3, 0.4) is 0 Å². The maximum absolute atomic E-state index is 13.0. The molecule has 0 saturated carbocycles. The van der Waals surface area contributed by atoms with Crippen molar-refractivity contribution in [1.29, 1.82) is 0 Å². The summed E-state index contributed by atoms with van der Waals surface area (Å²) in [5, 5.41) is 0. The summed E-state index contributed by atoms with van der Waals surface area (Å²) in [6.07, 6.45) is 1.84. The van der Waals surface area contributed by atoms with Crippen LogP contribution < -0.4 is 0 Å². The molecule has 0 fully saturated rings. The van der Waals surface area contributed by atoms with Gasteiger partial charge in [0.05, 0.1) is 0 Å². The zero-order valence-corrected chi connectivity index (χ0v) is 7.02. The molecule has 0 aliphatic rings. The number of aryl methyl sites for hydroxylation is 2. The Morgan fingerprint density at radius 2 is 2.09 bits per heavy atom. The second kappa shape index (κ2) is 3.51. The molecule has 0 radical (unpaired) electrons. The molecule has 0 atom stereocenters. The van der Waals surface area contributed by atoms with Crippen LogP contribution in [0.5, 0.6) is 0 Å². The highest BCUT2D eigenvalue weighted by Crippen LogP contribution is 2.11. The molecule has 0 unspecified atom stereocenters. The Hall–Kier alpha value is -0.850. The quantitative estimate of drug-likeness (QED) is 0.611. The van der Waals surface area contributed by atoms with Gasteiger partial charge >= 0.3 is 0 Å². The lowest BCUT2D eigenvalue weighted by Crippen LogP contribution is -1.89. The molecule has 0 nitrogen and oxygen atoms in total. The van der Waals surface area contributed by atoms with Gasteiger partial charge < -0.3 is 0 Å². The highest BCUT2D eigenvalue weighted by Gasteiger charge is 1.99. The number of hydrogen-bond acceptors (Lipinski definition) is 0. The summed E-state index contributed by atoms with van der Waals surface area (Å²) in [4.78, 5) is 0. The normalized spacial score (nSPS) is 10.1. The van der Waals surface area contributed by atoms with Crippen molar-refractivity contribution in [2.24, 2.45) is 0 Å². The van der Waals surface area contributed by atoms with Crippen molar-refractivity contribution in [3.63, 3.8) is 0 Å². The Labute approximate surface area is 67.1 Å². The second-order valence-electron chi connectivity index (χ2n) is 2.84. The first kappa shape index (κ1) is 8.25. The SMILES string of the molecule is CCCc1ccc(C)cc1F. The van der Waals surface area contributed by atoms with Crippen LogP contribution in [0.15, 0.2) is 18.2 Å². The first-order chi connectivity index (χ1) is 5.24. The smallest absolute Gasteiger partial charge is 0.126 e. The minimum atomic E-state index is -0.0631. The highest BCUT2D eigenvalue weighted by atomic mass is 19.1. The van der Waals surface area contributed by atoms with Crippen molar-refractivity contribution in [2.45, 2.75) is 26.7 Å². The summed E-state index contributed by atoms with van der Waals surface area (Å²) in [7, 11) is 0. The Kier molecular flexibility index (Phi) is 2.64. The molecule has 0 aliphatic heterocycles. The summed E-state index contributed by atoms with van der Waals surface area (Å²) in [6, 6.07) is 5.41. The predicted octanol–water partition coefficient (Wildman–Crippen LogP) is 3.09. The van der Waals surface area contributed by atoms with Gasteiger partial charge in [0.15, 0.2) is 0 Å². The lowest BCUT2D eigenvalue weighted by atomic mass is 10.1. The predicted molar refractivity (Wildman–Crippen MR) is 45.1 cm³/mol. The standard InChI is InChI=1S/C10H13F/c1-3-4-9-6-5-8(2)7-10(9)11/h5-7H,3-4H2,1-2H3. The van der Waals surface area contributed by atoms with Crippen molar-refractivity contribution < 1.29 is 4.39 Å². The van der Waals surface area contributed by atoms with Crippen LogP contribution in [0.25, 0.3) is 0 Å². The fourth-order valence-corrected chi connectivity index (χ4v) is 1.12. The van der Waals surface area contributed by atoms with E-state index in [2.05, 4.69) is 6.92 Å². The molecule has 11 heavy (non-hydrogen) atoms. The largest absolute Gasteiger partial charge is 0.207 e. The van der Waals surface area contributed by atoms with Gasteiger partial charge in [0.1, 0.15) is 5.82 Å². The maximum Gasteiger partial charge on any atom is 0.126 e. The van der Waals surface area contributed by atoms with E-state index in [1.165, 1.54) is 0 Å². The molecule has 1 aromatic carbocycles. The molecule has 1 heteroatoms. The Morgan fingerprint density at radius 3 is 2.64 bits per heavy atom. The van der Waals surface area contributed by atoms with Crippen molar-refractivity contribution in [3.05, 3.63) is 35.1 Å². The lowest BCUT2D eigenvalue weighted by molar-refractivity contribution is 0.606. The van der Waals surface area contributed by atoms with E-state index >= 15 is 0 Å². The molecular formula is C10H13F. The lowest BCUT2D eigenvalue weighted by Gasteiger charge is -2.00. The van der Waals surface area contributed by atoms with Gasteiger partial charge in [-0.05, 0) is 30.5 Å². The number of rotatable bonds is 2. The zero-order chi connectivity index (χ0) is 8.27. The molecule has 0 spiro atoms. The molecule has 0 aliphatic carbocycles. The molecule has 1 aromatic rings. The van der Waals surface area contributed by atoms with E-state index < -0.39 is 0 Å². The monoisotopic (exact) mass is 152 g/mol. The minimum Gasteiger partial charge on any atom is -0.207 e. The van der Waals surface area contributed by atoms with Crippen LogP contribution in [0, 0.1) is 12.7 Å². The number of hydrogen-bond donors (Lipinski definition) is 0. The Balaban J connectivity index is 2.90. The van der Waals surface area contributed by atoms with Gasteiger partial charge in [-0.25, -0.2) is 4.39 Å². The highest BCUT2D eigenvalue weighted by molar-refractivity contribution is 5.23. The third kappa shape index (κ3) is 2.04. The summed E-state index contributed by atoms with van der Waals surface area (Å²) in [5.74, 6) is -0.0631. The van der Waals surface area contributed by atoms with Crippen molar-refractivity contribution in [2.75, 3.05) is 0 Å². The van der Waals surface area contributed by atoms with E-state index in [-0.39, 0.29) is 5.82 Å². The third-order valence-electron chi connectivity index (χ3n) is 1.73. The van der Waals surface area contributed by atoms with Gasteiger partial charge in [0.25, 0.3) is 0 Å². The van der Waals surface area contributed by atoms with Crippen LogP contribution >= 0.6 is 0 Å². The van der Waals surface area contributed by atoms with Crippen LogP contribution in [-0.2, 0) is 6.42 Å². The summed E-state index contributed by atoms with van der Waals surface area (Å²) in [6.45, 7) is 3.96.